The Morgan fingerprint density at radius 3 is 2.48 bits per heavy atom. The highest BCUT2D eigenvalue weighted by atomic mass is 19.1. The van der Waals surface area contributed by atoms with E-state index in [-0.39, 0.29) is 5.82 Å². The molecule has 4 heteroatoms. The Hall–Kier alpha value is -2.62. The molecule has 3 aromatic rings. The molecule has 0 aliphatic heterocycles. The predicted molar refractivity (Wildman–Crippen MR) is 80.1 cm³/mol. The average Bonchev–Trinajstić information content (AvgIpc) is 2.48. The van der Waals surface area contributed by atoms with Gasteiger partial charge in [-0.2, -0.15) is 0 Å². The highest BCUT2D eigenvalue weighted by Crippen LogP contribution is 2.25. The number of aromatic nitrogens is 3. The van der Waals surface area contributed by atoms with Crippen molar-refractivity contribution >= 4 is 0 Å². The summed E-state index contributed by atoms with van der Waals surface area (Å²) in [5.41, 5.74) is 3.57. The quantitative estimate of drug-likeness (QED) is 0.712. The SMILES string of the molecule is Cc1ccnc(-c2nc(-c3ccccc3F)ccc2C)n1. The van der Waals surface area contributed by atoms with E-state index in [4.69, 9.17) is 0 Å². The van der Waals surface area contributed by atoms with E-state index in [0.29, 0.717) is 22.8 Å². The number of hydrogen-bond acceptors (Lipinski definition) is 3. The lowest BCUT2D eigenvalue weighted by Crippen LogP contribution is -1.98. The van der Waals surface area contributed by atoms with Crippen molar-refractivity contribution in [3.8, 4) is 22.8 Å². The third-order valence-corrected chi connectivity index (χ3v) is 3.25. The number of pyridine rings is 1. The molecule has 0 unspecified atom stereocenters. The van der Waals surface area contributed by atoms with Crippen LogP contribution in [0.1, 0.15) is 11.3 Å². The number of nitrogens with zero attached hydrogens (tertiary/aromatic N) is 3. The van der Waals surface area contributed by atoms with E-state index in [1.54, 1.807) is 24.4 Å². The number of hydrogen-bond donors (Lipinski definition) is 0. The zero-order chi connectivity index (χ0) is 14.8. The third-order valence-electron chi connectivity index (χ3n) is 3.25. The first-order chi connectivity index (χ1) is 10.1. The van der Waals surface area contributed by atoms with Gasteiger partial charge in [-0.15, -0.1) is 0 Å². The first kappa shape index (κ1) is 13.4. The Bertz CT molecular complexity index is 800. The Kier molecular flexibility index (Phi) is 3.44. The summed E-state index contributed by atoms with van der Waals surface area (Å²) in [6.07, 6.45) is 1.70. The van der Waals surface area contributed by atoms with Crippen molar-refractivity contribution in [2.75, 3.05) is 0 Å². The fraction of sp³-hybridized carbons (Fsp3) is 0.118. The molecule has 0 saturated heterocycles. The van der Waals surface area contributed by atoms with Gasteiger partial charge in [-0.25, -0.2) is 19.3 Å². The molecule has 0 spiro atoms. The van der Waals surface area contributed by atoms with Crippen LogP contribution < -0.4 is 0 Å². The summed E-state index contributed by atoms with van der Waals surface area (Å²) in [6.45, 7) is 3.85. The van der Waals surface area contributed by atoms with Gasteiger partial charge in [0, 0.05) is 17.5 Å². The fourth-order valence-electron chi connectivity index (χ4n) is 2.14. The summed E-state index contributed by atoms with van der Waals surface area (Å²) < 4.78 is 13.9. The van der Waals surface area contributed by atoms with E-state index in [1.165, 1.54) is 6.07 Å². The van der Waals surface area contributed by atoms with E-state index in [0.717, 1.165) is 11.3 Å². The molecule has 0 amide bonds. The van der Waals surface area contributed by atoms with E-state index < -0.39 is 0 Å². The van der Waals surface area contributed by atoms with Crippen molar-refractivity contribution in [2.24, 2.45) is 0 Å². The smallest absolute Gasteiger partial charge is 0.178 e. The molecule has 0 N–H and O–H groups in total. The molecule has 3 nitrogen and oxygen atoms in total. The molecule has 0 saturated carbocycles. The standard InChI is InChI=1S/C17H14FN3/c1-11-7-8-15(13-5-3-4-6-14(13)18)21-16(11)17-19-10-9-12(2)20-17/h3-10H,1-2H3. The topological polar surface area (TPSA) is 38.7 Å². The molecule has 0 bridgehead atoms. The fourth-order valence-corrected chi connectivity index (χ4v) is 2.14. The van der Waals surface area contributed by atoms with Gasteiger partial charge < -0.3 is 0 Å². The molecule has 1 aromatic carbocycles. The molecular formula is C17H14FN3. The van der Waals surface area contributed by atoms with Gasteiger partial charge in [0.15, 0.2) is 5.82 Å². The second-order valence-corrected chi connectivity index (χ2v) is 4.86. The minimum absolute atomic E-state index is 0.287. The molecule has 3 rings (SSSR count). The highest BCUT2D eigenvalue weighted by Gasteiger charge is 2.11. The van der Waals surface area contributed by atoms with Gasteiger partial charge in [0.1, 0.15) is 11.5 Å². The van der Waals surface area contributed by atoms with Crippen molar-refractivity contribution in [3.63, 3.8) is 0 Å². The first-order valence-electron chi connectivity index (χ1n) is 6.68. The molecule has 0 aliphatic rings. The molecule has 0 fully saturated rings. The second kappa shape index (κ2) is 5.40. The van der Waals surface area contributed by atoms with Gasteiger partial charge in [-0.3, -0.25) is 0 Å². The molecule has 0 aliphatic carbocycles. The number of halogens is 1. The average molecular weight is 279 g/mol. The van der Waals surface area contributed by atoms with E-state index in [1.807, 2.05) is 32.0 Å². The minimum Gasteiger partial charge on any atom is -0.244 e. The second-order valence-electron chi connectivity index (χ2n) is 4.86. The van der Waals surface area contributed by atoms with Gasteiger partial charge in [-0.1, -0.05) is 18.2 Å². The maximum absolute atomic E-state index is 13.9. The van der Waals surface area contributed by atoms with Crippen LogP contribution in [0.25, 0.3) is 22.8 Å². The van der Waals surface area contributed by atoms with Crippen molar-refractivity contribution in [1.29, 1.82) is 0 Å². The third kappa shape index (κ3) is 2.65. The maximum atomic E-state index is 13.9. The Morgan fingerprint density at radius 1 is 0.905 bits per heavy atom. The molecule has 2 heterocycles. The Labute approximate surface area is 122 Å². The molecular weight excluding hydrogens is 265 g/mol. The zero-order valence-corrected chi connectivity index (χ0v) is 11.8. The van der Waals surface area contributed by atoms with Crippen LogP contribution in [-0.4, -0.2) is 15.0 Å². The van der Waals surface area contributed by atoms with E-state index in [9.17, 15) is 4.39 Å². The lowest BCUT2D eigenvalue weighted by molar-refractivity contribution is 0.630. The first-order valence-corrected chi connectivity index (χ1v) is 6.68. The van der Waals surface area contributed by atoms with Crippen LogP contribution in [0.4, 0.5) is 4.39 Å². The monoisotopic (exact) mass is 279 g/mol. The molecule has 0 radical (unpaired) electrons. The molecule has 104 valence electrons. The van der Waals surface area contributed by atoms with Gasteiger partial charge in [0.05, 0.1) is 5.69 Å². The van der Waals surface area contributed by atoms with Gasteiger partial charge in [0.25, 0.3) is 0 Å². The Balaban J connectivity index is 2.15. The summed E-state index contributed by atoms with van der Waals surface area (Å²) in [4.78, 5) is 13.2. The minimum atomic E-state index is -0.287. The summed E-state index contributed by atoms with van der Waals surface area (Å²) in [7, 11) is 0. The maximum Gasteiger partial charge on any atom is 0.178 e. The summed E-state index contributed by atoms with van der Waals surface area (Å²) in [5.74, 6) is 0.274. The summed E-state index contributed by atoms with van der Waals surface area (Å²) >= 11 is 0. The van der Waals surface area contributed by atoms with Crippen molar-refractivity contribution < 1.29 is 4.39 Å². The van der Waals surface area contributed by atoms with Crippen LogP contribution in [0.2, 0.25) is 0 Å². The van der Waals surface area contributed by atoms with Crippen LogP contribution in [-0.2, 0) is 0 Å². The molecule has 21 heavy (non-hydrogen) atoms. The zero-order valence-electron chi connectivity index (χ0n) is 11.8. The van der Waals surface area contributed by atoms with Crippen LogP contribution in [0.15, 0.2) is 48.7 Å². The van der Waals surface area contributed by atoms with Crippen molar-refractivity contribution in [1.82, 2.24) is 15.0 Å². The largest absolute Gasteiger partial charge is 0.244 e. The van der Waals surface area contributed by atoms with Crippen molar-refractivity contribution in [2.45, 2.75) is 13.8 Å². The molecule has 0 atom stereocenters. The highest BCUT2D eigenvalue weighted by molar-refractivity contribution is 5.65. The lowest BCUT2D eigenvalue weighted by atomic mass is 10.1. The van der Waals surface area contributed by atoms with Crippen LogP contribution >= 0.6 is 0 Å². The predicted octanol–water partition coefficient (Wildman–Crippen LogP) is 3.96. The normalized spacial score (nSPS) is 10.6. The number of aryl methyl sites for hydroxylation is 2. The number of benzene rings is 1. The van der Waals surface area contributed by atoms with Crippen LogP contribution in [0.3, 0.4) is 0 Å². The molecule has 2 aromatic heterocycles. The van der Waals surface area contributed by atoms with Crippen LogP contribution in [0.5, 0.6) is 0 Å². The van der Waals surface area contributed by atoms with E-state index in [2.05, 4.69) is 15.0 Å². The summed E-state index contributed by atoms with van der Waals surface area (Å²) in [5, 5.41) is 0. The Morgan fingerprint density at radius 2 is 1.71 bits per heavy atom. The van der Waals surface area contributed by atoms with Gasteiger partial charge >= 0.3 is 0 Å². The van der Waals surface area contributed by atoms with E-state index >= 15 is 0 Å². The van der Waals surface area contributed by atoms with Gasteiger partial charge in [0.2, 0.25) is 0 Å². The summed E-state index contributed by atoms with van der Waals surface area (Å²) in [6, 6.07) is 12.2. The lowest BCUT2D eigenvalue weighted by Gasteiger charge is -2.08. The van der Waals surface area contributed by atoms with Crippen LogP contribution in [0, 0.1) is 19.7 Å². The van der Waals surface area contributed by atoms with Crippen molar-refractivity contribution in [3.05, 3.63) is 65.7 Å². The number of rotatable bonds is 2. The van der Waals surface area contributed by atoms with Gasteiger partial charge in [-0.05, 0) is 43.7 Å².